The van der Waals surface area contributed by atoms with Crippen molar-refractivity contribution in [2.45, 2.75) is 45.6 Å². The van der Waals surface area contributed by atoms with Crippen LogP contribution < -0.4 is 5.32 Å². The molecule has 1 N–H and O–H groups in total. The molecule has 0 saturated carbocycles. The van der Waals surface area contributed by atoms with E-state index in [0.717, 1.165) is 5.56 Å². The van der Waals surface area contributed by atoms with Crippen LogP contribution in [0.2, 0.25) is 5.02 Å². The van der Waals surface area contributed by atoms with E-state index in [9.17, 15) is 4.79 Å². The molecule has 1 amide bonds. The average molecular weight is 294 g/mol. The molecule has 0 aromatic heterocycles. The van der Waals surface area contributed by atoms with Gasteiger partial charge in [-0.05, 0) is 52.3 Å². The van der Waals surface area contributed by atoms with Crippen molar-refractivity contribution in [3.63, 3.8) is 0 Å². The van der Waals surface area contributed by atoms with Crippen LogP contribution in [0, 0.1) is 12.3 Å². The summed E-state index contributed by atoms with van der Waals surface area (Å²) in [5.41, 5.74) is 0.452. The second kappa shape index (κ2) is 5.76. The highest BCUT2D eigenvalue weighted by molar-refractivity contribution is 6.33. The quantitative estimate of drug-likeness (QED) is 0.809. The second-order valence-corrected chi connectivity index (χ2v) is 6.50. The molecular weight excluding hydrogens is 274 g/mol. The van der Waals surface area contributed by atoms with Crippen LogP contribution in [0.1, 0.15) is 40.2 Å². The lowest BCUT2D eigenvalue weighted by Crippen LogP contribution is -2.27. The van der Waals surface area contributed by atoms with Crippen LogP contribution in [-0.2, 0) is 10.2 Å². The number of anilines is 1. The van der Waals surface area contributed by atoms with Gasteiger partial charge in [-0.2, -0.15) is 0 Å². The molecule has 20 heavy (non-hydrogen) atoms. The monoisotopic (exact) mass is 293 g/mol. The largest absolute Gasteiger partial charge is 0.444 e. The van der Waals surface area contributed by atoms with Crippen LogP contribution in [0.15, 0.2) is 18.2 Å². The molecule has 0 aliphatic rings. The Labute approximate surface area is 125 Å². The van der Waals surface area contributed by atoms with Crippen molar-refractivity contribution in [3.8, 4) is 12.3 Å². The van der Waals surface area contributed by atoms with Crippen LogP contribution >= 0.6 is 11.6 Å². The Kier molecular flexibility index (Phi) is 4.73. The summed E-state index contributed by atoms with van der Waals surface area (Å²) in [6, 6.07) is 5.33. The number of rotatable bonds is 2. The van der Waals surface area contributed by atoms with Crippen LogP contribution in [0.4, 0.5) is 10.5 Å². The maximum Gasteiger partial charge on any atom is 0.412 e. The van der Waals surface area contributed by atoms with Gasteiger partial charge in [-0.25, -0.2) is 4.79 Å². The summed E-state index contributed by atoms with van der Waals surface area (Å²) >= 11 is 6.17. The lowest BCUT2D eigenvalue weighted by atomic mass is 9.86. The number of hydrogen-bond acceptors (Lipinski definition) is 2. The maximum absolute atomic E-state index is 11.7. The van der Waals surface area contributed by atoms with E-state index in [1.807, 2.05) is 19.9 Å². The van der Waals surface area contributed by atoms with Gasteiger partial charge < -0.3 is 4.74 Å². The molecule has 1 aromatic rings. The summed E-state index contributed by atoms with van der Waals surface area (Å²) < 4.78 is 5.17. The molecule has 0 aliphatic heterocycles. The zero-order valence-corrected chi connectivity index (χ0v) is 13.3. The molecule has 3 nitrogen and oxygen atoms in total. The Bertz CT molecular complexity index is 551. The topological polar surface area (TPSA) is 38.3 Å². The van der Waals surface area contributed by atoms with Gasteiger partial charge in [0.05, 0.1) is 16.1 Å². The normalized spacial score (nSPS) is 11.7. The number of halogens is 1. The van der Waals surface area contributed by atoms with Gasteiger partial charge in [0.15, 0.2) is 0 Å². The lowest BCUT2D eigenvalue weighted by molar-refractivity contribution is 0.0636. The SMILES string of the molecule is C#CC(C)(C)c1ccc(NC(=O)OC(C)(C)C)c(Cl)c1. The minimum absolute atomic E-state index is 0.409. The number of amides is 1. The minimum Gasteiger partial charge on any atom is -0.444 e. The van der Waals surface area contributed by atoms with E-state index in [1.165, 1.54) is 0 Å². The Balaban J connectivity index is 2.90. The summed E-state index contributed by atoms with van der Waals surface area (Å²) in [6.07, 6.45) is 4.96. The maximum atomic E-state index is 11.7. The van der Waals surface area contributed by atoms with Gasteiger partial charge in [-0.3, -0.25) is 5.32 Å². The first-order valence-electron chi connectivity index (χ1n) is 6.33. The van der Waals surface area contributed by atoms with Crippen LogP contribution in [0.5, 0.6) is 0 Å². The van der Waals surface area contributed by atoms with E-state index in [2.05, 4.69) is 11.2 Å². The average Bonchev–Trinajstić information content (AvgIpc) is 2.29. The number of terminal acetylenes is 1. The van der Waals surface area contributed by atoms with Crippen molar-refractivity contribution in [1.29, 1.82) is 0 Å². The number of hydrogen-bond donors (Lipinski definition) is 1. The van der Waals surface area contributed by atoms with Crippen molar-refractivity contribution in [2.75, 3.05) is 5.32 Å². The molecule has 1 aromatic carbocycles. The van der Waals surface area contributed by atoms with Gasteiger partial charge in [0, 0.05) is 0 Å². The molecule has 0 atom stereocenters. The fraction of sp³-hybridized carbons (Fsp3) is 0.438. The predicted octanol–water partition coefficient (Wildman–Crippen LogP) is 4.60. The molecule has 4 heteroatoms. The standard InChI is InChI=1S/C16H20ClNO2/c1-7-16(5,6)11-8-9-13(12(17)10-11)18-14(19)20-15(2,3)4/h1,8-10H,2-6H3,(H,18,19). The van der Waals surface area contributed by atoms with Crippen molar-refractivity contribution in [2.24, 2.45) is 0 Å². The Morgan fingerprint density at radius 3 is 2.35 bits per heavy atom. The van der Waals surface area contributed by atoms with Gasteiger partial charge >= 0.3 is 6.09 Å². The Hall–Kier alpha value is -1.66. The van der Waals surface area contributed by atoms with Crippen LogP contribution in [-0.4, -0.2) is 11.7 Å². The van der Waals surface area contributed by atoms with E-state index >= 15 is 0 Å². The summed E-state index contributed by atoms with van der Waals surface area (Å²) in [5, 5.41) is 3.05. The third-order valence-corrected chi connectivity index (χ3v) is 3.00. The van der Waals surface area contributed by atoms with E-state index in [-0.39, 0.29) is 0 Å². The molecule has 0 spiro atoms. The Morgan fingerprint density at radius 2 is 1.90 bits per heavy atom. The molecule has 1 rings (SSSR count). The van der Waals surface area contributed by atoms with Crippen molar-refractivity contribution in [1.82, 2.24) is 0 Å². The van der Waals surface area contributed by atoms with Gasteiger partial charge in [-0.1, -0.05) is 23.6 Å². The molecule has 108 valence electrons. The zero-order chi connectivity index (χ0) is 15.6. The highest BCUT2D eigenvalue weighted by Gasteiger charge is 2.20. The van der Waals surface area contributed by atoms with E-state index in [1.54, 1.807) is 32.9 Å². The summed E-state index contributed by atoms with van der Waals surface area (Å²) in [4.78, 5) is 11.7. The minimum atomic E-state index is -0.554. The van der Waals surface area contributed by atoms with Gasteiger partial charge in [-0.15, -0.1) is 6.42 Å². The van der Waals surface area contributed by atoms with E-state index in [0.29, 0.717) is 10.7 Å². The number of benzene rings is 1. The smallest absolute Gasteiger partial charge is 0.412 e. The molecule has 0 heterocycles. The number of ether oxygens (including phenoxy) is 1. The predicted molar refractivity (Wildman–Crippen MR) is 83.2 cm³/mol. The molecular formula is C16H20ClNO2. The third-order valence-electron chi connectivity index (χ3n) is 2.69. The molecule has 0 bridgehead atoms. The first-order valence-corrected chi connectivity index (χ1v) is 6.71. The third kappa shape index (κ3) is 4.47. The number of nitrogens with one attached hydrogen (secondary N) is 1. The fourth-order valence-electron chi connectivity index (χ4n) is 1.50. The molecule has 0 fully saturated rings. The van der Waals surface area contributed by atoms with Crippen molar-refractivity contribution < 1.29 is 9.53 Å². The number of carbonyl (C=O) groups is 1. The zero-order valence-electron chi connectivity index (χ0n) is 12.5. The van der Waals surface area contributed by atoms with Crippen LogP contribution in [0.25, 0.3) is 0 Å². The van der Waals surface area contributed by atoms with Crippen molar-refractivity contribution >= 4 is 23.4 Å². The highest BCUT2D eigenvalue weighted by Crippen LogP contribution is 2.30. The number of carbonyl (C=O) groups excluding carboxylic acids is 1. The van der Waals surface area contributed by atoms with E-state index < -0.39 is 17.1 Å². The first-order chi connectivity index (χ1) is 9.05. The summed E-state index contributed by atoms with van der Waals surface area (Å²) in [7, 11) is 0. The van der Waals surface area contributed by atoms with E-state index in [4.69, 9.17) is 22.8 Å². The molecule has 0 saturated heterocycles. The van der Waals surface area contributed by atoms with Gasteiger partial charge in [0.2, 0.25) is 0 Å². The lowest BCUT2D eigenvalue weighted by Gasteiger charge is -2.21. The second-order valence-electron chi connectivity index (χ2n) is 6.09. The summed E-state index contributed by atoms with van der Waals surface area (Å²) in [6.45, 7) is 9.26. The first kappa shape index (κ1) is 16.4. The fourth-order valence-corrected chi connectivity index (χ4v) is 1.73. The van der Waals surface area contributed by atoms with Crippen molar-refractivity contribution in [3.05, 3.63) is 28.8 Å². The molecule has 0 radical (unpaired) electrons. The summed E-state index contributed by atoms with van der Waals surface area (Å²) in [5.74, 6) is 2.71. The highest BCUT2D eigenvalue weighted by atomic mass is 35.5. The van der Waals surface area contributed by atoms with Gasteiger partial charge in [0.25, 0.3) is 0 Å². The molecule has 0 aliphatic carbocycles. The van der Waals surface area contributed by atoms with Crippen LogP contribution in [0.3, 0.4) is 0 Å². The van der Waals surface area contributed by atoms with Gasteiger partial charge in [0.1, 0.15) is 5.60 Å². The Morgan fingerprint density at radius 1 is 1.30 bits per heavy atom. The molecule has 0 unspecified atom stereocenters.